The molecule has 1 aromatic rings. The van der Waals surface area contributed by atoms with E-state index in [1.54, 1.807) is 33.3 Å². The number of halogens is 1. The molecule has 24 heavy (non-hydrogen) atoms. The number of benzene rings is 1. The standard InChI is InChI=1S/C16H25N5O2.HI/c1-5-18-16(20-11-14(22)21(3)4)19-10-12-7-6-8-13(9-12)15(23)17-2;/h6-9H,5,10-11H2,1-4H3,(H,17,23)(H2,18,19,20);1H. The molecular weight excluding hydrogens is 421 g/mol. The molecule has 0 spiro atoms. The Balaban J connectivity index is 0.00000529. The van der Waals surface area contributed by atoms with Crippen molar-refractivity contribution in [1.29, 1.82) is 0 Å². The Hall–Kier alpha value is -1.84. The Labute approximate surface area is 160 Å². The van der Waals surface area contributed by atoms with E-state index in [9.17, 15) is 9.59 Å². The van der Waals surface area contributed by atoms with E-state index in [2.05, 4.69) is 20.9 Å². The van der Waals surface area contributed by atoms with E-state index < -0.39 is 0 Å². The van der Waals surface area contributed by atoms with E-state index >= 15 is 0 Å². The van der Waals surface area contributed by atoms with Gasteiger partial charge in [0.05, 0.1) is 13.1 Å². The molecule has 0 aromatic heterocycles. The predicted octanol–water partition coefficient (Wildman–Crippen LogP) is 0.807. The topological polar surface area (TPSA) is 85.8 Å². The van der Waals surface area contributed by atoms with Crippen molar-refractivity contribution >= 4 is 41.8 Å². The molecule has 2 amide bonds. The number of nitrogens with one attached hydrogen (secondary N) is 3. The molecule has 0 radical (unpaired) electrons. The largest absolute Gasteiger partial charge is 0.357 e. The molecule has 134 valence electrons. The summed E-state index contributed by atoms with van der Waals surface area (Å²) in [7, 11) is 5.01. The molecule has 7 nitrogen and oxygen atoms in total. The lowest BCUT2D eigenvalue weighted by atomic mass is 10.1. The van der Waals surface area contributed by atoms with Gasteiger partial charge in [0.25, 0.3) is 5.91 Å². The summed E-state index contributed by atoms with van der Waals surface area (Å²) in [4.78, 5) is 29.2. The zero-order chi connectivity index (χ0) is 17.2. The summed E-state index contributed by atoms with van der Waals surface area (Å²) >= 11 is 0. The maximum Gasteiger partial charge on any atom is 0.251 e. The maximum absolute atomic E-state index is 11.6. The minimum atomic E-state index is -0.127. The van der Waals surface area contributed by atoms with Crippen molar-refractivity contribution in [3.8, 4) is 0 Å². The van der Waals surface area contributed by atoms with Crippen molar-refractivity contribution in [2.24, 2.45) is 4.99 Å². The first-order valence-electron chi connectivity index (χ1n) is 7.51. The molecule has 0 heterocycles. The smallest absolute Gasteiger partial charge is 0.251 e. The van der Waals surface area contributed by atoms with Crippen molar-refractivity contribution in [3.63, 3.8) is 0 Å². The first kappa shape index (κ1) is 22.2. The van der Waals surface area contributed by atoms with E-state index in [4.69, 9.17) is 0 Å². The number of likely N-dealkylation sites (N-methyl/N-ethyl adjacent to an activating group) is 1. The van der Waals surface area contributed by atoms with E-state index in [0.717, 1.165) is 5.56 Å². The molecule has 3 N–H and O–H groups in total. The first-order valence-corrected chi connectivity index (χ1v) is 7.51. The van der Waals surface area contributed by atoms with Crippen molar-refractivity contribution in [1.82, 2.24) is 20.9 Å². The van der Waals surface area contributed by atoms with Crippen LogP contribution in [-0.2, 0) is 11.3 Å². The van der Waals surface area contributed by atoms with Crippen LogP contribution < -0.4 is 16.0 Å². The van der Waals surface area contributed by atoms with Crippen LogP contribution in [0.5, 0.6) is 0 Å². The predicted molar refractivity (Wildman–Crippen MR) is 107 cm³/mol. The van der Waals surface area contributed by atoms with Gasteiger partial charge in [-0.1, -0.05) is 12.1 Å². The lowest BCUT2D eigenvalue weighted by Gasteiger charge is -2.14. The summed E-state index contributed by atoms with van der Waals surface area (Å²) < 4.78 is 0. The monoisotopic (exact) mass is 447 g/mol. The van der Waals surface area contributed by atoms with Gasteiger partial charge in [-0.25, -0.2) is 4.99 Å². The molecule has 0 bridgehead atoms. The van der Waals surface area contributed by atoms with Gasteiger partial charge < -0.3 is 20.9 Å². The highest BCUT2D eigenvalue weighted by atomic mass is 127. The lowest BCUT2D eigenvalue weighted by Crippen LogP contribution is -2.42. The highest BCUT2D eigenvalue weighted by molar-refractivity contribution is 14.0. The number of aliphatic imine (C=N–C) groups is 1. The van der Waals surface area contributed by atoms with Crippen LogP contribution in [0.15, 0.2) is 29.3 Å². The van der Waals surface area contributed by atoms with E-state index in [1.807, 2.05) is 19.1 Å². The van der Waals surface area contributed by atoms with Gasteiger partial charge in [-0.3, -0.25) is 9.59 Å². The van der Waals surface area contributed by atoms with Gasteiger partial charge in [0.1, 0.15) is 0 Å². The maximum atomic E-state index is 11.6. The fourth-order valence-electron chi connectivity index (χ4n) is 1.78. The molecule has 0 aliphatic carbocycles. The number of guanidine groups is 1. The van der Waals surface area contributed by atoms with Crippen molar-refractivity contribution < 1.29 is 9.59 Å². The Morgan fingerprint density at radius 1 is 1.21 bits per heavy atom. The van der Waals surface area contributed by atoms with Gasteiger partial charge in [-0.2, -0.15) is 0 Å². The highest BCUT2D eigenvalue weighted by Crippen LogP contribution is 2.06. The second kappa shape index (κ2) is 11.7. The zero-order valence-electron chi connectivity index (χ0n) is 14.5. The summed E-state index contributed by atoms with van der Waals surface area (Å²) in [5.74, 6) is 0.405. The first-order chi connectivity index (χ1) is 11.0. The second-order valence-corrected chi connectivity index (χ2v) is 5.12. The molecule has 0 aliphatic heterocycles. The summed E-state index contributed by atoms with van der Waals surface area (Å²) in [6, 6.07) is 7.29. The van der Waals surface area contributed by atoms with Crippen LogP contribution in [0, 0.1) is 0 Å². The van der Waals surface area contributed by atoms with Crippen LogP contribution in [0.3, 0.4) is 0 Å². The van der Waals surface area contributed by atoms with E-state index in [-0.39, 0.29) is 42.3 Å². The third-order valence-electron chi connectivity index (χ3n) is 3.09. The van der Waals surface area contributed by atoms with Gasteiger partial charge in [0, 0.05) is 33.3 Å². The SMILES string of the molecule is CCNC(=NCc1cccc(C(=O)NC)c1)NCC(=O)N(C)C.I. The number of hydrogen-bond acceptors (Lipinski definition) is 3. The van der Waals surface area contributed by atoms with Crippen LogP contribution >= 0.6 is 24.0 Å². The molecule has 0 atom stereocenters. The highest BCUT2D eigenvalue weighted by Gasteiger charge is 2.06. The molecular formula is C16H26IN5O2. The van der Waals surface area contributed by atoms with Gasteiger partial charge in [-0.05, 0) is 24.6 Å². The third-order valence-corrected chi connectivity index (χ3v) is 3.09. The molecule has 0 unspecified atom stereocenters. The Morgan fingerprint density at radius 2 is 1.92 bits per heavy atom. The molecule has 1 aromatic carbocycles. The number of nitrogens with zero attached hydrogens (tertiary/aromatic N) is 2. The zero-order valence-corrected chi connectivity index (χ0v) is 16.9. The minimum absolute atomic E-state index is 0. The Kier molecular flexibility index (Phi) is 10.8. The van der Waals surface area contributed by atoms with Gasteiger partial charge in [0.15, 0.2) is 5.96 Å². The number of amides is 2. The van der Waals surface area contributed by atoms with Crippen molar-refractivity contribution in [2.75, 3.05) is 34.2 Å². The summed E-state index contributed by atoms with van der Waals surface area (Å²) in [6.45, 7) is 3.24. The summed E-state index contributed by atoms with van der Waals surface area (Å²) in [5.41, 5.74) is 1.52. The average molecular weight is 447 g/mol. The molecule has 0 saturated heterocycles. The van der Waals surface area contributed by atoms with Crippen LogP contribution in [0.25, 0.3) is 0 Å². The summed E-state index contributed by atoms with van der Waals surface area (Å²) in [6.07, 6.45) is 0. The van der Waals surface area contributed by atoms with Gasteiger partial charge in [-0.15, -0.1) is 24.0 Å². The van der Waals surface area contributed by atoms with Crippen LogP contribution in [0.1, 0.15) is 22.8 Å². The number of rotatable bonds is 6. The molecule has 8 heteroatoms. The fourth-order valence-corrected chi connectivity index (χ4v) is 1.78. The van der Waals surface area contributed by atoms with Gasteiger partial charge in [0.2, 0.25) is 5.91 Å². The fraction of sp³-hybridized carbons (Fsp3) is 0.438. The summed E-state index contributed by atoms with van der Waals surface area (Å²) in [5, 5.41) is 8.67. The molecule has 1 rings (SSSR count). The molecule has 0 aliphatic rings. The normalized spacial score (nSPS) is 10.4. The molecule has 0 fully saturated rings. The van der Waals surface area contributed by atoms with Crippen molar-refractivity contribution in [3.05, 3.63) is 35.4 Å². The van der Waals surface area contributed by atoms with Crippen LogP contribution in [-0.4, -0.2) is 56.9 Å². The minimum Gasteiger partial charge on any atom is -0.357 e. The number of carbonyl (C=O) groups is 2. The number of carbonyl (C=O) groups excluding carboxylic acids is 2. The Bertz CT molecular complexity index is 575. The quantitative estimate of drug-likeness (QED) is 0.342. The average Bonchev–Trinajstić information content (AvgIpc) is 2.56. The van der Waals surface area contributed by atoms with E-state index in [1.165, 1.54) is 4.90 Å². The second-order valence-electron chi connectivity index (χ2n) is 5.12. The van der Waals surface area contributed by atoms with Crippen LogP contribution in [0.2, 0.25) is 0 Å². The number of hydrogen-bond donors (Lipinski definition) is 3. The van der Waals surface area contributed by atoms with Gasteiger partial charge >= 0.3 is 0 Å². The van der Waals surface area contributed by atoms with Crippen LogP contribution in [0.4, 0.5) is 0 Å². The lowest BCUT2D eigenvalue weighted by molar-refractivity contribution is -0.127. The van der Waals surface area contributed by atoms with Crippen molar-refractivity contribution in [2.45, 2.75) is 13.5 Å². The van der Waals surface area contributed by atoms with E-state index in [0.29, 0.717) is 24.6 Å². The third kappa shape index (κ3) is 7.62. The Morgan fingerprint density at radius 3 is 2.50 bits per heavy atom. The molecule has 0 saturated carbocycles.